The third kappa shape index (κ3) is 5.16. The van der Waals surface area contributed by atoms with Crippen LogP contribution in [0.1, 0.15) is 38.5 Å². The van der Waals surface area contributed by atoms with Gasteiger partial charge in [-0.2, -0.15) is 13.2 Å². The van der Waals surface area contributed by atoms with Crippen LogP contribution >= 0.6 is 0 Å². The molecule has 1 fully saturated rings. The van der Waals surface area contributed by atoms with Crippen molar-refractivity contribution in [2.75, 3.05) is 13.7 Å². The Hall–Kier alpha value is -0.290. The molecule has 0 aromatic heterocycles. The van der Waals surface area contributed by atoms with Gasteiger partial charge in [0, 0.05) is 19.6 Å². The number of hydrogen-bond acceptors (Lipinski definition) is 2. The Balaban J connectivity index is 2.15. The molecule has 96 valence electrons. The molecule has 0 saturated heterocycles. The van der Waals surface area contributed by atoms with Gasteiger partial charge in [-0.05, 0) is 25.8 Å². The minimum absolute atomic E-state index is 0.149. The summed E-state index contributed by atoms with van der Waals surface area (Å²) in [5.74, 6) is 0. The molecule has 0 aromatic carbocycles. The zero-order chi connectivity index (χ0) is 12.0. The van der Waals surface area contributed by atoms with Crippen molar-refractivity contribution in [1.29, 1.82) is 0 Å². The summed E-state index contributed by atoms with van der Waals surface area (Å²) in [7, 11) is 1.67. The van der Waals surface area contributed by atoms with Gasteiger partial charge in [-0.25, -0.2) is 0 Å². The Morgan fingerprint density at radius 2 is 1.94 bits per heavy atom. The third-order valence-electron chi connectivity index (χ3n) is 3.05. The van der Waals surface area contributed by atoms with Gasteiger partial charge in [-0.1, -0.05) is 12.8 Å². The number of rotatable bonds is 5. The smallest absolute Gasteiger partial charge is 0.380 e. The molecule has 0 amide bonds. The lowest BCUT2D eigenvalue weighted by atomic mass is 9.92. The molecule has 0 aliphatic heterocycles. The van der Waals surface area contributed by atoms with E-state index in [4.69, 9.17) is 4.74 Å². The predicted molar refractivity (Wildman–Crippen MR) is 56.3 cm³/mol. The van der Waals surface area contributed by atoms with Crippen molar-refractivity contribution < 1.29 is 17.9 Å². The first-order valence-corrected chi connectivity index (χ1v) is 5.86. The van der Waals surface area contributed by atoms with Crippen LogP contribution in [0, 0.1) is 0 Å². The Kier molecular flexibility index (Phi) is 5.55. The summed E-state index contributed by atoms with van der Waals surface area (Å²) in [4.78, 5) is 0. The minimum Gasteiger partial charge on any atom is -0.380 e. The molecule has 1 rings (SSSR count). The first-order valence-electron chi connectivity index (χ1n) is 5.86. The van der Waals surface area contributed by atoms with Crippen molar-refractivity contribution in [3.05, 3.63) is 0 Å². The van der Waals surface area contributed by atoms with E-state index in [1.165, 1.54) is 0 Å². The van der Waals surface area contributed by atoms with Gasteiger partial charge in [0.25, 0.3) is 0 Å². The second-order valence-corrected chi connectivity index (χ2v) is 4.34. The van der Waals surface area contributed by atoms with Crippen molar-refractivity contribution >= 4 is 0 Å². The number of ether oxygens (including phenoxy) is 1. The normalized spacial score (nSPS) is 27.0. The molecule has 1 saturated carbocycles. The monoisotopic (exact) mass is 239 g/mol. The quantitative estimate of drug-likeness (QED) is 0.745. The van der Waals surface area contributed by atoms with E-state index in [9.17, 15) is 13.2 Å². The maximum absolute atomic E-state index is 11.9. The summed E-state index contributed by atoms with van der Waals surface area (Å²) in [6.45, 7) is 0.421. The van der Waals surface area contributed by atoms with E-state index in [0.29, 0.717) is 6.54 Å². The van der Waals surface area contributed by atoms with E-state index in [0.717, 1.165) is 25.7 Å². The fourth-order valence-electron chi connectivity index (χ4n) is 2.19. The van der Waals surface area contributed by atoms with Crippen molar-refractivity contribution in [3.63, 3.8) is 0 Å². The summed E-state index contributed by atoms with van der Waals surface area (Å²) in [6, 6.07) is 0.229. The number of alkyl halides is 3. The van der Waals surface area contributed by atoms with Crippen LogP contribution in [0.4, 0.5) is 13.2 Å². The molecule has 16 heavy (non-hydrogen) atoms. The van der Waals surface area contributed by atoms with E-state index < -0.39 is 12.6 Å². The predicted octanol–water partition coefficient (Wildman–Crippen LogP) is 2.88. The topological polar surface area (TPSA) is 21.3 Å². The first-order chi connectivity index (χ1) is 7.53. The molecule has 0 bridgehead atoms. The molecule has 0 heterocycles. The maximum atomic E-state index is 11.9. The molecule has 0 aromatic rings. The van der Waals surface area contributed by atoms with E-state index in [1.807, 2.05) is 0 Å². The van der Waals surface area contributed by atoms with Gasteiger partial charge in [0.15, 0.2) is 0 Å². The molecule has 0 spiro atoms. The standard InChI is InChI=1S/C11H20F3NO/c1-16-10-6-3-2-5-9(10)15-8-4-7-11(12,13)14/h9-10,15H,2-8H2,1H3. The van der Waals surface area contributed by atoms with Crippen LogP contribution in [-0.2, 0) is 4.74 Å². The average molecular weight is 239 g/mol. The minimum atomic E-state index is -4.03. The molecule has 2 atom stereocenters. The second kappa shape index (κ2) is 6.45. The molecular weight excluding hydrogens is 219 g/mol. The summed E-state index contributed by atoms with van der Waals surface area (Å²) in [5.41, 5.74) is 0. The fourth-order valence-corrected chi connectivity index (χ4v) is 2.19. The van der Waals surface area contributed by atoms with Crippen molar-refractivity contribution in [3.8, 4) is 0 Å². The Morgan fingerprint density at radius 3 is 2.56 bits per heavy atom. The maximum Gasteiger partial charge on any atom is 0.389 e. The highest BCUT2D eigenvalue weighted by Gasteiger charge is 2.27. The summed E-state index contributed by atoms with van der Waals surface area (Å²) in [6.07, 6.45) is -0.122. The van der Waals surface area contributed by atoms with E-state index in [1.54, 1.807) is 7.11 Å². The van der Waals surface area contributed by atoms with E-state index in [-0.39, 0.29) is 18.6 Å². The summed E-state index contributed by atoms with van der Waals surface area (Å²) < 4.78 is 41.1. The Morgan fingerprint density at radius 1 is 1.25 bits per heavy atom. The third-order valence-corrected chi connectivity index (χ3v) is 3.05. The van der Waals surface area contributed by atoms with Crippen LogP contribution in [0.5, 0.6) is 0 Å². The van der Waals surface area contributed by atoms with Gasteiger partial charge in [0.2, 0.25) is 0 Å². The second-order valence-electron chi connectivity index (χ2n) is 4.34. The van der Waals surface area contributed by atoms with Gasteiger partial charge in [0.05, 0.1) is 6.10 Å². The Labute approximate surface area is 94.5 Å². The Bertz CT molecular complexity index is 196. The highest BCUT2D eigenvalue weighted by molar-refractivity contribution is 4.81. The van der Waals surface area contributed by atoms with Crippen molar-refractivity contribution in [2.45, 2.75) is 56.8 Å². The van der Waals surface area contributed by atoms with Gasteiger partial charge in [-0.15, -0.1) is 0 Å². The number of halogens is 3. The first kappa shape index (κ1) is 13.8. The summed E-state index contributed by atoms with van der Waals surface area (Å²) >= 11 is 0. The zero-order valence-electron chi connectivity index (χ0n) is 9.65. The number of hydrogen-bond donors (Lipinski definition) is 1. The van der Waals surface area contributed by atoms with Gasteiger partial charge in [-0.3, -0.25) is 0 Å². The SMILES string of the molecule is COC1CCCCC1NCCCC(F)(F)F. The van der Waals surface area contributed by atoms with Crippen LogP contribution < -0.4 is 5.32 Å². The van der Waals surface area contributed by atoms with Gasteiger partial charge < -0.3 is 10.1 Å². The van der Waals surface area contributed by atoms with Crippen LogP contribution in [0.2, 0.25) is 0 Å². The molecule has 0 radical (unpaired) electrons. The lowest BCUT2D eigenvalue weighted by Gasteiger charge is -2.31. The van der Waals surface area contributed by atoms with Crippen LogP contribution in [0.25, 0.3) is 0 Å². The molecule has 2 unspecified atom stereocenters. The highest BCUT2D eigenvalue weighted by Crippen LogP contribution is 2.22. The highest BCUT2D eigenvalue weighted by atomic mass is 19.4. The van der Waals surface area contributed by atoms with Gasteiger partial charge in [0.1, 0.15) is 0 Å². The molecule has 2 nitrogen and oxygen atoms in total. The van der Waals surface area contributed by atoms with Gasteiger partial charge >= 0.3 is 6.18 Å². The lowest BCUT2D eigenvalue weighted by Crippen LogP contribution is -2.43. The number of nitrogens with one attached hydrogen (secondary N) is 1. The fraction of sp³-hybridized carbons (Fsp3) is 1.00. The van der Waals surface area contributed by atoms with Crippen LogP contribution in [-0.4, -0.2) is 32.0 Å². The van der Waals surface area contributed by atoms with E-state index in [2.05, 4.69) is 5.32 Å². The molecule has 5 heteroatoms. The largest absolute Gasteiger partial charge is 0.389 e. The van der Waals surface area contributed by atoms with Crippen LogP contribution in [0.3, 0.4) is 0 Å². The van der Waals surface area contributed by atoms with E-state index >= 15 is 0 Å². The van der Waals surface area contributed by atoms with Crippen molar-refractivity contribution in [2.24, 2.45) is 0 Å². The molecular formula is C11H20F3NO. The molecule has 1 aliphatic carbocycles. The lowest BCUT2D eigenvalue weighted by molar-refractivity contribution is -0.135. The summed E-state index contributed by atoms with van der Waals surface area (Å²) in [5, 5.41) is 3.17. The average Bonchev–Trinajstić information content (AvgIpc) is 2.23. The van der Waals surface area contributed by atoms with Crippen molar-refractivity contribution in [1.82, 2.24) is 5.32 Å². The van der Waals surface area contributed by atoms with Crippen LogP contribution in [0.15, 0.2) is 0 Å². The molecule has 1 aliphatic rings. The number of methoxy groups -OCH3 is 1. The molecule has 1 N–H and O–H groups in total. The zero-order valence-corrected chi connectivity index (χ0v) is 9.65.